The lowest BCUT2D eigenvalue weighted by Gasteiger charge is -2.03. The number of hydrogen-bond donors (Lipinski definition) is 3. The van der Waals surface area contributed by atoms with Crippen LogP contribution in [0.5, 0.6) is 0 Å². The van der Waals surface area contributed by atoms with Gasteiger partial charge in [-0.25, -0.2) is 4.79 Å². The van der Waals surface area contributed by atoms with Crippen molar-refractivity contribution in [3.8, 4) is 0 Å². The quantitative estimate of drug-likeness (QED) is 0.260. The smallest absolute Gasteiger partial charge is 0.351 e. The van der Waals surface area contributed by atoms with Gasteiger partial charge in [-0.15, -0.1) is 6.58 Å². The van der Waals surface area contributed by atoms with Crippen LogP contribution in [0.25, 0.3) is 0 Å². The van der Waals surface area contributed by atoms with E-state index in [0.29, 0.717) is 6.54 Å². The van der Waals surface area contributed by atoms with Gasteiger partial charge in [0.05, 0.1) is 0 Å². The van der Waals surface area contributed by atoms with Gasteiger partial charge in [-0.2, -0.15) is 5.10 Å². The normalized spacial score (nSPS) is 10.4. The number of hydrogen-bond acceptors (Lipinski definition) is 3. The molecule has 0 aromatic carbocycles. The summed E-state index contributed by atoms with van der Waals surface area (Å²) >= 11 is 4.75. The first-order valence-electron chi connectivity index (χ1n) is 3.50. The third-order valence-corrected chi connectivity index (χ3v) is 1.28. The molecule has 0 fully saturated rings. The topological polar surface area (TPSA) is 73.7 Å². The van der Waals surface area contributed by atoms with E-state index in [4.69, 9.17) is 17.3 Å². The predicted octanol–water partition coefficient (Wildman–Crippen LogP) is 0.0970. The Bertz CT molecular complexity index is 250. The van der Waals surface area contributed by atoms with Gasteiger partial charge in [0.1, 0.15) is 5.71 Å². The number of carbonyl (C=O) groups is 1. The molecule has 0 atom stereocenters. The minimum Gasteiger partial charge on any atom is -0.477 e. The molecule has 0 amide bonds. The molecule has 5 nitrogen and oxygen atoms in total. The second-order valence-corrected chi connectivity index (χ2v) is 2.52. The van der Waals surface area contributed by atoms with Gasteiger partial charge in [0.25, 0.3) is 0 Å². The van der Waals surface area contributed by atoms with E-state index < -0.39 is 5.97 Å². The second kappa shape index (κ2) is 6.13. The fourth-order valence-electron chi connectivity index (χ4n) is 0.387. The van der Waals surface area contributed by atoms with Crippen molar-refractivity contribution >= 4 is 29.0 Å². The first kappa shape index (κ1) is 11.6. The molecule has 0 aliphatic heterocycles. The summed E-state index contributed by atoms with van der Waals surface area (Å²) in [5.74, 6) is -1.08. The van der Waals surface area contributed by atoms with Gasteiger partial charge in [-0.1, -0.05) is 6.08 Å². The van der Waals surface area contributed by atoms with Crippen LogP contribution in [0.3, 0.4) is 0 Å². The van der Waals surface area contributed by atoms with Crippen molar-refractivity contribution in [1.82, 2.24) is 10.7 Å². The van der Waals surface area contributed by atoms with Gasteiger partial charge in [-0.3, -0.25) is 5.43 Å². The van der Waals surface area contributed by atoms with Crippen LogP contribution in [0, 0.1) is 0 Å². The predicted molar refractivity (Wildman–Crippen MR) is 54.7 cm³/mol. The molecule has 0 aromatic rings. The molecule has 72 valence electrons. The molecule has 13 heavy (non-hydrogen) atoms. The maximum atomic E-state index is 10.3. The van der Waals surface area contributed by atoms with Gasteiger partial charge in [0.2, 0.25) is 0 Å². The minimum atomic E-state index is -1.08. The molecule has 3 N–H and O–H groups in total. The zero-order valence-corrected chi connectivity index (χ0v) is 8.02. The van der Waals surface area contributed by atoms with Gasteiger partial charge in [0, 0.05) is 6.54 Å². The zero-order chi connectivity index (χ0) is 10.3. The summed E-state index contributed by atoms with van der Waals surface area (Å²) < 4.78 is 0. The minimum absolute atomic E-state index is 0.0530. The number of aliphatic carboxylic acids is 1. The lowest BCUT2D eigenvalue weighted by molar-refractivity contribution is -0.129. The second-order valence-electron chi connectivity index (χ2n) is 2.11. The third kappa shape index (κ3) is 5.80. The number of nitrogens with one attached hydrogen (secondary N) is 2. The molecule has 0 aliphatic carbocycles. The Morgan fingerprint density at radius 3 is 2.85 bits per heavy atom. The first-order chi connectivity index (χ1) is 6.07. The van der Waals surface area contributed by atoms with E-state index in [9.17, 15) is 4.79 Å². The maximum Gasteiger partial charge on any atom is 0.351 e. The standard InChI is InChI=1S/C7H11N3O2S/c1-3-4-8-7(13)10-9-5(2)6(11)12/h3H,1,4H2,2H3,(H,11,12)(H2,8,10,13). The van der Waals surface area contributed by atoms with E-state index in [2.05, 4.69) is 22.4 Å². The largest absolute Gasteiger partial charge is 0.477 e. The molecule has 6 heteroatoms. The van der Waals surface area contributed by atoms with E-state index in [1.807, 2.05) is 0 Å². The first-order valence-corrected chi connectivity index (χ1v) is 3.91. The average molecular weight is 201 g/mol. The Labute approximate surface area is 81.5 Å². The Morgan fingerprint density at radius 2 is 2.38 bits per heavy atom. The van der Waals surface area contributed by atoms with Crippen LogP contribution in [-0.4, -0.2) is 28.4 Å². The van der Waals surface area contributed by atoms with E-state index in [0.717, 1.165) is 0 Å². The van der Waals surface area contributed by atoms with Gasteiger partial charge in [0.15, 0.2) is 5.11 Å². The molecule has 0 unspecified atom stereocenters. The average Bonchev–Trinajstić information content (AvgIpc) is 2.10. The van der Waals surface area contributed by atoms with Crippen molar-refractivity contribution in [1.29, 1.82) is 0 Å². The maximum absolute atomic E-state index is 10.3. The molecule has 0 saturated heterocycles. The Balaban J connectivity index is 3.87. The van der Waals surface area contributed by atoms with E-state index >= 15 is 0 Å². The molecule has 0 heterocycles. The van der Waals surface area contributed by atoms with Gasteiger partial charge in [-0.05, 0) is 19.1 Å². The summed E-state index contributed by atoms with van der Waals surface area (Å²) in [6, 6.07) is 0. The fraction of sp³-hybridized carbons (Fsp3) is 0.286. The molecule has 0 aromatic heterocycles. The number of hydrazone groups is 1. The van der Waals surface area contributed by atoms with Crippen molar-refractivity contribution in [2.45, 2.75) is 6.92 Å². The highest BCUT2D eigenvalue weighted by molar-refractivity contribution is 7.80. The monoisotopic (exact) mass is 201 g/mol. The summed E-state index contributed by atoms with van der Waals surface area (Å²) in [4.78, 5) is 10.3. The molecule has 0 saturated carbocycles. The van der Waals surface area contributed by atoms with Crippen molar-refractivity contribution in [2.24, 2.45) is 5.10 Å². The Hall–Kier alpha value is -1.43. The van der Waals surface area contributed by atoms with Gasteiger partial charge < -0.3 is 10.4 Å². The lowest BCUT2D eigenvalue weighted by Crippen LogP contribution is -2.33. The van der Waals surface area contributed by atoms with E-state index in [1.54, 1.807) is 6.08 Å². The molecular formula is C7H11N3O2S. The highest BCUT2D eigenvalue weighted by Gasteiger charge is 2.00. The van der Waals surface area contributed by atoms with Crippen LogP contribution < -0.4 is 10.7 Å². The highest BCUT2D eigenvalue weighted by atomic mass is 32.1. The fourth-order valence-corrected chi connectivity index (χ4v) is 0.516. The van der Waals surface area contributed by atoms with Crippen LogP contribution in [-0.2, 0) is 4.79 Å². The summed E-state index contributed by atoms with van der Waals surface area (Å²) in [5, 5.41) is 14.9. The number of thiocarbonyl (C=S) groups is 1. The van der Waals surface area contributed by atoms with Crippen LogP contribution >= 0.6 is 12.2 Å². The molecule has 0 aliphatic rings. The SMILES string of the molecule is C=CCNC(=S)NN=C(C)C(=O)O. The number of nitrogens with zero attached hydrogens (tertiary/aromatic N) is 1. The summed E-state index contributed by atoms with van der Waals surface area (Å²) in [5.41, 5.74) is 2.33. The zero-order valence-electron chi connectivity index (χ0n) is 7.20. The Kier molecular flexibility index (Phi) is 5.45. The van der Waals surface area contributed by atoms with Crippen molar-refractivity contribution in [2.75, 3.05) is 6.54 Å². The summed E-state index contributed by atoms with van der Waals surface area (Å²) in [7, 11) is 0. The third-order valence-electron chi connectivity index (χ3n) is 1.04. The molecule has 0 bridgehead atoms. The molecule has 0 spiro atoms. The van der Waals surface area contributed by atoms with Crippen LogP contribution in [0.15, 0.2) is 17.8 Å². The van der Waals surface area contributed by atoms with Crippen molar-refractivity contribution < 1.29 is 9.90 Å². The summed E-state index contributed by atoms with van der Waals surface area (Å²) in [6.07, 6.45) is 1.63. The van der Waals surface area contributed by atoms with Crippen LogP contribution in [0.2, 0.25) is 0 Å². The molecule has 0 rings (SSSR count). The summed E-state index contributed by atoms with van der Waals surface area (Å²) in [6.45, 7) is 5.35. The van der Waals surface area contributed by atoms with Crippen molar-refractivity contribution in [3.05, 3.63) is 12.7 Å². The highest BCUT2D eigenvalue weighted by Crippen LogP contribution is 1.75. The van der Waals surface area contributed by atoms with Crippen molar-refractivity contribution in [3.63, 3.8) is 0 Å². The Morgan fingerprint density at radius 1 is 1.77 bits per heavy atom. The number of carboxylic acid groups (broad SMARTS) is 1. The van der Waals surface area contributed by atoms with E-state index in [1.165, 1.54) is 6.92 Å². The van der Waals surface area contributed by atoms with E-state index in [-0.39, 0.29) is 10.8 Å². The lowest BCUT2D eigenvalue weighted by atomic mass is 10.4. The van der Waals surface area contributed by atoms with Crippen LogP contribution in [0.1, 0.15) is 6.92 Å². The van der Waals surface area contributed by atoms with Crippen LogP contribution in [0.4, 0.5) is 0 Å². The molecule has 0 radical (unpaired) electrons. The molecular weight excluding hydrogens is 190 g/mol. The number of carboxylic acids is 1. The number of rotatable bonds is 4. The van der Waals surface area contributed by atoms with Gasteiger partial charge >= 0.3 is 5.97 Å².